The number of aliphatic carboxylic acids is 3. The van der Waals surface area contributed by atoms with Crippen molar-refractivity contribution in [3.05, 3.63) is 74.8 Å². The van der Waals surface area contributed by atoms with E-state index in [-0.39, 0.29) is 69.2 Å². The molecule has 0 bridgehead atoms. The Morgan fingerprint density at radius 3 is 2.23 bits per heavy atom. The van der Waals surface area contributed by atoms with Gasteiger partial charge >= 0.3 is 30.2 Å². The van der Waals surface area contributed by atoms with E-state index in [1.807, 2.05) is 0 Å². The lowest BCUT2D eigenvalue weighted by atomic mass is 10.0. The van der Waals surface area contributed by atoms with Crippen LogP contribution >= 0.6 is 23.5 Å². The van der Waals surface area contributed by atoms with E-state index in [1.165, 1.54) is 45.0 Å². The molecule has 65 heavy (non-hydrogen) atoms. The average molecular weight is 942 g/mol. The number of tetrazole rings is 1. The third-order valence-corrected chi connectivity index (χ3v) is 11.5. The molecule has 3 amide bonds. The Morgan fingerprint density at radius 2 is 1.62 bits per heavy atom. The molecule has 4 heterocycles. The largest absolute Gasteiger partial charge is 0.513 e. The minimum atomic E-state index is -1.68. The van der Waals surface area contributed by atoms with Crippen LogP contribution in [0.15, 0.2) is 62.0 Å². The summed E-state index contributed by atoms with van der Waals surface area (Å²) < 4.78 is 31.9. The number of carboxylic acid groups (broad SMARTS) is 3. The standard InChI is InChI=1S/C38H35N7O18S2/c1-4-58-37(56)62-22-10-20-21(11-23(22)63-38(57)59-5-2)61-16(3)26(30(20)50)31(51)39-27(17-6-8-19(9-7-17)60-13-25(48)49)32(52)40-28-33(53)45-29(35(54)55)18(14-64-34(28)45)15-65-36-41-42-43-44(36)12-24(46)47/h6-11,27-28,34H,4-5,12-15H2,1-3H3,(H,39,51)(H,40,52)(H,46,47)(H,48,49)(H,54,55)/t27?,28-,34-/m0/s1. The summed E-state index contributed by atoms with van der Waals surface area (Å²) in [6.45, 7) is 2.85. The number of fused-ring (bicyclic) bond motifs is 2. The van der Waals surface area contributed by atoms with Gasteiger partial charge in [-0.15, -0.1) is 16.9 Å². The molecule has 2 aliphatic heterocycles. The minimum Gasteiger partial charge on any atom is -0.482 e. The van der Waals surface area contributed by atoms with Crippen molar-refractivity contribution in [1.29, 1.82) is 0 Å². The molecule has 4 aromatic rings. The molecule has 2 aromatic heterocycles. The zero-order chi connectivity index (χ0) is 47.1. The zero-order valence-corrected chi connectivity index (χ0v) is 35.6. The molecule has 2 aromatic carbocycles. The molecule has 1 fully saturated rings. The lowest BCUT2D eigenvalue weighted by Gasteiger charge is -2.49. The van der Waals surface area contributed by atoms with Crippen LogP contribution < -0.4 is 30.3 Å². The quantitative estimate of drug-likeness (QED) is 0.0410. The summed E-state index contributed by atoms with van der Waals surface area (Å²) in [5, 5.41) is 43.0. The second-order valence-corrected chi connectivity index (χ2v) is 15.4. The molecule has 1 saturated heterocycles. The maximum atomic E-state index is 14.2. The van der Waals surface area contributed by atoms with Crippen molar-refractivity contribution in [2.75, 3.05) is 31.3 Å². The fourth-order valence-electron chi connectivity index (χ4n) is 6.33. The summed E-state index contributed by atoms with van der Waals surface area (Å²) in [5.41, 5.74) is -1.84. The number of ether oxygens (including phenoxy) is 5. The number of β-lactam (4-membered cyclic amide) rings is 1. The first-order valence-corrected chi connectivity index (χ1v) is 20.9. The highest BCUT2D eigenvalue weighted by molar-refractivity contribution is 8.01. The Kier molecular flexibility index (Phi) is 14.6. The van der Waals surface area contributed by atoms with Crippen LogP contribution in [-0.2, 0) is 40.0 Å². The van der Waals surface area contributed by atoms with Crippen LogP contribution in [0.4, 0.5) is 9.59 Å². The summed E-state index contributed by atoms with van der Waals surface area (Å²) in [5.74, 6) is -7.96. The van der Waals surface area contributed by atoms with Gasteiger partial charge in [-0.3, -0.25) is 28.9 Å². The predicted molar refractivity (Wildman–Crippen MR) is 218 cm³/mol. The fourth-order valence-corrected chi connectivity index (χ4v) is 8.69. The predicted octanol–water partition coefficient (Wildman–Crippen LogP) is 1.71. The molecule has 1 unspecified atom stereocenters. The van der Waals surface area contributed by atoms with Crippen LogP contribution in [0, 0.1) is 6.92 Å². The third-order valence-electron chi connectivity index (χ3n) is 9.09. The van der Waals surface area contributed by atoms with Crippen LogP contribution in [0.1, 0.15) is 41.6 Å². The summed E-state index contributed by atoms with van der Waals surface area (Å²) in [6, 6.07) is 4.25. The van der Waals surface area contributed by atoms with E-state index in [4.69, 9.17) is 38.3 Å². The summed E-state index contributed by atoms with van der Waals surface area (Å²) in [6.07, 6.45) is -2.42. The van der Waals surface area contributed by atoms with Gasteiger partial charge < -0.3 is 54.1 Å². The van der Waals surface area contributed by atoms with Crippen molar-refractivity contribution in [3.8, 4) is 17.2 Å². The molecule has 5 N–H and O–H groups in total. The lowest BCUT2D eigenvalue weighted by molar-refractivity contribution is -0.151. The van der Waals surface area contributed by atoms with Gasteiger partial charge in [-0.05, 0) is 60.5 Å². The van der Waals surface area contributed by atoms with E-state index in [9.17, 15) is 48.3 Å². The van der Waals surface area contributed by atoms with Gasteiger partial charge in [-0.25, -0.2) is 23.9 Å². The van der Waals surface area contributed by atoms with E-state index >= 15 is 0 Å². The van der Waals surface area contributed by atoms with Crippen LogP contribution in [0.3, 0.4) is 0 Å². The topological polar surface area (TPSA) is 345 Å². The molecule has 342 valence electrons. The second kappa shape index (κ2) is 20.2. The second-order valence-electron chi connectivity index (χ2n) is 13.3. The molecule has 2 aliphatic rings. The van der Waals surface area contributed by atoms with Gasteiger partial charge in [-0.1, -0.05) is 23.9 Å². The number of hydrogen-bond donors (Lipinski definition) is 5. The molecule has 0 spiro atoms. The Labute approximate surface area is 372 Å². The van der Waals surface area contributed by atoms with E-state index in [0.29, 0.717) is 0 Å². The molecule has 0 saturated carbocycles. The van der Waals surface area contributed by atoms with Crippen LogP contribution in [0.2, 0.25) is 0 Å². The van der Waals surface area contributed by atoms with Gasteiger partial charge in [0.05, 0.1) is 18.6 Å². The van der Waals surface area contributed by atoms with E-state index < -0.39 is 101 Å². The monoisotopic (exact) mass is 941 g/mol. The van der Waals surface area contributed by atoms with Crippen molar-refractivity contribution < 1.29 is 81.8 Å². The number of aryl methyl sites for hydroxylation is 1. The summed E-state index contributed by atoms with van der Waals surface area (Å²) in [7, 11) is 0. The molecule has 25 nitrogen and oxygen atoms in total. The Morgan fingerprint density at radius 1 is 0.954 bits per heavy atom. The summed E-state index contributed by atoms with van der Waals surface area (Å²) >= 11 is 2.07. The minimum absolute atomic E-state index is 0.0348. The number of hydrogen-bond acceptors (Lipinski definition) is 20. The van der Waals surface area contributed by atoms with Crippen LogP contribution in [0.5, 0.6) is 17.2 Å². The van der Waals surface area contributed by atoms with Crippen molar-refractivity contribution in [2.24, 2.45) is 0 Å². The van der Waals surface area contributed by atoms with Crippen LogP contribution in [-0.4, -0.2) is 131 Å². The first-order chi connectivity index (χ1) is 31.0. The summed E-state index contributed by atoms with van der Waals surface area (Å²) in [4.78, 5) is 116. The Hall–Kier alpha value is -7.68. The molecule has 6 rings (SSSR count). The number of nitrogens with one attached hydrogen (secondary N) is 2. The number of aromatic nitrogens is 4. The normalized spacial score (nSPS) is 15.8. The Balaban J connectivity index is 1.28. The number of nitrogens with zero attached hydrogens (tertiary/aromatic N) is 5. The SMILES string of the molecule is CCOC(=O)Oc1cc2oc(C)c(C(=O)NC(C(=O)N[C@H]3C(=O)N4C(C(=O)O)=C(CSc5nnnn5CC(=O)O)CS[C@@H]34)c3ccc(OCC(=O)O)cc3)c(=O)c2cc1OC(=O)OCC. The number of benzene rings is 2. The van der Waals surface area contributed by atoms with Crippen molar-refractivity contribution in [2.45, 2.75) is 49.9 Å². The van der Waals surface area contributed by atoms with Gasteiger partial charge in [0.1, 0.15) is 52.4 Å². The average Bonchev–Trinajstić information content (AvgIpc) is 3.69. The van der Waals surface area contributed by atoms with Crippen molar-refractivity contribution >= 4 is 82.4 Å². The first kappa shape index (κ1) is 46.8. The number of rotatable bonds is 18. The molecule has 27 heteroatoms. The maximum Gasteiger partial charge on any atom is 0.513 e. The molecular weight excluding hydrogens is 907 g/mol. The van der Waals surface area contributed by atoms with Gasteiger partial charge in [0, 0.05) is 17.6 Å². The number of carbonyl (C=O) groups excluding carboxylic acids is 5. The highest BCUT2D eigenvalue weighted by atomic mass is 32.2. The van der Waals surface area contributed by atoms with Gasteiger partial charge in [0.15, 0.2) is 18.1 Å². The van der Waals surface area contributed by atoms with E-state index in [0.717, 1.165) is 45.2 Å². The zero-order valence-electron chi connectivity index (χ0n) is 34.0. The number of carbonyl (C=O) groups is 8. The number of thioether (sulfide) groups is 2. The van der Waals surface area contributed by atoms with Gasteiger partial charge in [0.2, 0.25) is 16.5 Å². The van der Waals surface area contributed by atoms with Gasteiger partial charge in [-0.2, -0.15) is 0 Å². The smallest absolute Gasteiger partial charge is 0.482 e. The maximum absolute atomic E-state index is 14.2. The first-order valence-electron chi connectivity index (χ1n) is 18.9. The molecule has 3 atom stereocenters. The molecular formula is C38H35N7O18S2. The van der Waals surface area contributed by atoms with E-state index in [2.05, 4.69) is 26.2 Å². The van der Waals surface area contributed by atoms with Crippen molar-refractivity contribution in [1.82, 2.24) is 35.7 Å². The van der Waals surface area contributed by atoms with Gasteiger partial charge in [0.25, 0.3) is 11.8 Å². The van der Waals surface area contributed by atoms with Crippen LogP contribution in [0.25, 0.3) is 11.0 Å². The molecule has 0 radical (unpaired) electrons. The Bertz CT molecular complexity index is 2680. The number of amides is 3. The third kappa shape index (κ3) is 10.6. The lowest BCUT2D eigenvalue weighted by Crippen LogP contribution is -2.71. The van der Waals surface area contributed by atoms with E-state index in [1.54, 1.807) is 0 Å². The number of carboxylic acids is 3. The van der Waals surface area contributed by atoms with Crippen molar-refractivity contribution in [3.63, 3.8) is 0 Å². The highest BCUT2D eigenvalue weighted by Crippen LogP contribution is 2.42. The molecule has 0 aliphatic carbocycles. The highest BCUT2D eigenvalue weighted by Gasteiger charge is 2.54. The fraction of sp³-hybridized carbons (Fsp3) is 0.316.